The third-order valence-electron chi connectivity index (χ3n) is 6.27. The Bertz CT molecular complexity index is 1250. The van der Waals surface area contributed by atoms with Gasteiger partial charge in [-0.05, 0) is 47.9 Å². The van der Waals surface area contributed by atoms with E-state index >= 15 is 0 Å². The van der Waals surface area contributed by atoms with Crippen LogP contribution in [0.15, 0.2) is 96.5 Å². The zero-order valence-corrected chi connectivity index (χ0v) is 21.1. The minimum atomic E-state index is -1.31. The first-order valence-corrected chi connectivity index (χ1v) is 12.6. The van der Waals surface area contributed by atoms with Gasteiger partial charge < -0.3 is 14.6 Å². The van der Waals surface area contributed by atoms with E-state index < -0.39 is 11.6 Å². The van der Waals surface area contributed by atoms with Crippen LogP contribution in [-0.4, -0.2) is 42.2 Å². The first kappa shape index (κ1) is 27.0. The second-order valence-electron chi connectivity index (χ2n) is 8.91. The average molecular weight is 518 g/mol. The van der Waals surface area contributed by atoms with Crippen molar-refractivity contribution in [3.05, 3.63) is 114 Å². The van der Waals surface area contributed by atoms with Crippen LogP contribution in [0.25, 0.3) is 0 Å². The summed E-state index contributed by atoms with van der Waals surface area (Å²) in [4.78, 5) is 18.5. The van der Waals surface area contributed by atoms with Crippen molar-refractivity contribution < 1.29 is 23.8 Å². The van der Waals surface area contributed by atoms with Crippen molar-refractivity contribution in [2.24, 2.45) is 4.99 Å². The second-order valence-corrected chi connectivity index (χ2v) is 8.91. The van der Waals surface area contributed by atoms with Crippen molar-refractivity contribution in [1.29, 1.82) is 0 Å². The monoisotopic (exact) mass is 517 g/mol. The first-order valence-electron chi connectivity index (χ1n) is 12.6. The smallest absolute Gasteiger partial charge is 0.266 e. The van der Waals surface area contributed by atoms with Gasteiger partial charge in [-0.1, -0.05) is 54.6 Å². The number of nitrogens with zero attached hydrogens (tertiary/aromatic N) is 1. The number of halogens is 1. The van der Waals surface area contributed by atoms with Gasteiger partial charge in [-0.3, -0.25) is 10.2 Å². The van der Waals surface area contributed by atoms with Crippen LogP contribution in [0.2, 0.25) is 0 Å². The Balaban J connectivity index is 1.55. The minimum absolute atomic E-state index is 0.0645. The molecule has 1 aliphatic heterocycles. The van der Waals surface area contributed by atoms with Gasteiger partial charge in [-0.2, -0.15) is 0 Å². The molecule has 8 heteroatoms. The fourth-order valence-electron chi connectivity index (χ4n) is 4.31. The van der Waals surface area contributed by atoms with Crippen LogP contribution in [0.4, 0.5) is 4.39 Å². The summed E-state index contributed by atoms with van der Waals surface area (Å²) in [7, 11) is 0. The molecule has 0 radical (unpaired) electrons. The van der Waals surface area contributed by atoms with Crippen molar-refractivity contribution in [2.75, 3.05) is 19.8 Å². The molecule has 198 valence electrons. The Kier molecular flexibility index (Phi) is 9.24. The molecule has 0 aromatic heterocycles. The summed E-state index contributed by atoms with van der Waals surface area (Å²) >= 11 is 0. The molecule has 0 saturated heterocycles. The number of hydrogen-bond acceptors (Lipinski definition) is 6. The molecule has 0 unspecified atom stereocenters. The number of ether oxygens (including phenoxy) is 2. The first-order chi connectivity index (χ1) is 18.6. The lowest BCUT2D eigenvalue weighted by atomic mass is 9.84. The summed E-state index contributed by atoms with van der Waals surface area (Å²) in [6, 6.07) is 23.3. The van der Waals surface area contributed by atoms with Crippen molar-refractivity contribution in [2.45, 2.75) is 30.9 Å². The maximum absolute atomic E-state index is 13.9. The van der Waals surface area contributed by atoms with Gasteiger partial charge in [0.15, 0.2) is 11.6 Å². The summed E-state index contributed by atoms with van der Waals surface area (Å²) in [6.07, 6.45) is 2.15. The van der Waals surface area contributed by atoms with Gasteiger partial charge in [0.25, 0.3) is 5.91 Å². The lowest BCUT2D eigenvalue weighted by molar-refractivity contribution is -0.129. The predicted octanol–water partition coefficient (Wildman–Crippen LogP) is 4.28. The Morgan fingerprint density at radius 2 is 1.84 bits per heavy atom. The third-order valence-corrected chi connectivity index (χ3v) is 6.27. The number of aliphatic imine (C=N–C) groups is 1. The molecule has 38 heavy (non-hydrogen) atoms. The molecule has 2 atom stereocenters. The third kappa shape index (κ3) is 6.27. The van der Waals surface area contributed by atoms with E-state index in [4.69, 9.17) is 19.6 Å². The lowest BCUT2D eigenvalue weighted by Crippen LogP contribution is -2.52. The van der Waals surface area contributed by atoms with Crippen LogP contribution in [0.5, 0.6) is 5.75 Å². The summed E-state index contributed by atoms with van der Waals surface area (Å²) in [5.74, 6) is 0.341. The predicted molar refractivity (Wildman–Crippen MR) is 144 cm³/mol. The zero-order chi connectivity index (χ0) is 26.8. The van der Waals surface area contributed by atoms with Crippen molar-refractivity contribution >= 4 is 11.8 Å². The fourth-order valence-corrected chi connectivity index (χ4v) is 4.31. The van der Waals surface area contributed by atoms with E-state index in [9.17, 15) is 9.18 Å². The summed E-state index contributed by atoms with van der Waals surface area (Å²) in [5, 5.41) is 8.95. The van der Waals surface area contributed by atoms with E-state index in [1.807, 2.05) is 42.5 Å². The second kappa shape index (κ2) is 13.0. The molecule has 4 rings (SSSR count). The highest BCUT2D eigenvalue weighted by molar-refractivity contribution is 6.01. The molecule has 3 aromatic carbocycles. The maximum atomic E-state index is 13.9. The Labute approximate surface area is 222 Å². The van der Waals surface area contributed by atoms with Crippen LogP contribution < -0.4 is 15.6 Å². The maximum Gasteiger partial charge on any atom is 0.266 e. The minimum Gasteiger partial charge on any atom is -0.494 e. The molecule has 3 aromatic rings. The normalized spacial score (nSPS) is 18.4. The number of nitrogens with one attached hydrogen (secondary N) is 2. The largest absolute Gasteiger partial charge is 0.494 e. The van der Waals surface area contributed by atoms with E-state index in [2.05, 4.69) is 17.4 Å². The van der Waals surface area contributed by atoms with Gasteiger partial charge in [0.05, 0.1) is 6.61 Å². The highest BCUT2D eigenvalue weighted by atomic mass is 19.1. The number of hydrazine groups is 1. The van der Waals surface area contributed by atoms with Crippen molar-refractivity contribution in [1.82, 2.24) is 10.9 Å². The molecule has 7 nitrogen and oxygen atoms in total. The molecule has 1 heterocycles. The SMILES string of the molecule is C=CC[C@]1(C(=O)NNCCc2ccccc2F)N=C(c2ccc(OCCCO)cc2)O[C@H]1c1ccccc1. The number of aliphatic hydroxyl groups excluding tert-OH is 1. The van der Waals surface area contributed by atoms with Gasteiger partial charge >= 0.3 is 0 Å². The quantitative estimate of drug-likeness (QED) is 0.179. The Morgan fingerprint density at radius 3 is 2.55 bits per heavy atom. The number of aliphatic hydroxyl groups is 1. The van der Waals surface area contributed by atoms with Gasteiger partial charge in [0.1, 0.15) is 11.6 Å². The van der Waals surface area contributed by atoms with E-state index in [1.165, 1.54) is 6.07 Å². The number of hydrogen-bond donors (Lipinski definition) is 3. The molecular formula is C30H32FN3O4. The van der Waals surface area contributed by atoms with Gasteiger partial charge in [0, 0.05) is 31.6 Å². The highest BCUT2D eigenvalue weighted by Gasteiger charge is 2.52. The van der Waals surface area contributed by atoms with Gasteiger partial charge in [-0.25, -0.2) is 14.8 Å². The number of benzene rings is 3. The van der Waals surface area contributed by atoms with Crippen LogP contribution in [0.1, 0.15) is 35.6 Å². The summed E-state index contributed by atoms with van der Waals surface area (Å²) in [5.41, 5.74) is 6.44. The number of amides is 1. The molecular weight excluding hydrogens is 485 g/mol. The Morgan fingerprint density at radius 1 is 1.11 bits per heavy atom. The standard InChI is InChI=1S/C30H32FN3O4/c1-2-18-30(29(36)34-32-19-17-22-9-6-7-12-26(22)31)27(23-10-4-3-5-11-23)38-28(33-30)24-13-15-25(16-14-24)37-21-8-20-35/h2-7,9-16,27,32,35H,1,8,17-21H2,(H,34,36)/t27-,30-/m0/s1. The van der Waals surface area contributed by atoms with Crippen molar-refractivity contribution in [3.63, 3.8) is 0 Å². The molecule has 1 amide bonds. The number of carbonyl (C=O) groups is 1. The van der Waals surface area contributed by atoms with Crippen LogP contribution in [0, 0.1) is 5.82 Å². The van der Waals surface area contributed by atoms with E-state index in [-0.39, 0.29) is 24.8 Å². The summed E-state index contributed by atoms with van der Waals surface area (Å²) in [6.45, 7) is 4.68. The highest BCUT2D eigenvalue weighted by Crippen LogP contribution is 2.42. The van der Waals surface area contributed by atoms with Gasteiger partial charge in [-0.15, -0.1) is 6.58 Å². The Hall–Kier alpha value is -4.01. The van der Waals surface area contributed by atoms with E-state index in [0.29, 0.717) is 48.8 Å². The van der Waals surface area contributed by atoms with Crippen LogP contribution in [0.3, 0.4) is 0 Å². The topological polar surface area (TPSA) is 92.2 Å². The van der Waals surface area contributed by atoms with Crippen molar-refractivity contribution in [3.8, 4) is 5.75 Å². The van der Waals surface area contributed by atoms with E-state index in [0.717, 1.165) is 5.56 Å². The van der Waals surface area contributed by atoms with Gasteiger partial charge in [0.2, 0.25) is 5.90 Å². The summed E-state index contributed by atoms with van der Waals surface area (Å²) < 4.78 is 25.9. The average Bonchev–Trinajstić information content (AvgIpc) is 3.34. The number of carbonyl (C=O) groups excluding carboxylic acids is 1. The molecule has 0 spiro atoms. The fraction of sp³-hybridized carbons (Fsp3) is 0.267. The molecule has 0 fully saturated rings. The zero-order valence-electron chi connectivity index (χ0n) is 21.1. The molecule has 0 saturated carbocycles. The molecule has 1 aliphatic rings. The molecule has 3 N–H and O–H groups in total. The number of rotatable bonds is 13. The van der Waals surface area contributed by atoms with Crippen LogP contribution in [-0.2, 0) is 16.0 Å². The lowest BCUT2D eigenvalue weighted by Gasteiger charge is -2.29. The van der Waals surface area contributed by atoms with E-state index in [1.54, 1.807) is 36.4 Å². The van der Waals surface area contributed by atoms with Crippen LogP contribution >= 0.6 is 0 Å². The molecule has 0 bridgehead atoms. The molecule has 0 aliphatic carbocycles.